The number of aromatic nitrogens is 3. The van der Waals surface area contributed by atoms with Crippen molar-refractivity contribution in [2.45, 2.75) is 39.3 Å². The van der Waals surface area contributed by atoms with Crippen molar-refractivity contribution in [3.63, 3.8) is 0 Å². The molecule has 7 heteroatoms. The molecule has 1 amide bonds. The smallest absolute Gasteiger partial charge is 0.219 e. The largest absolute Gasteiger partial charge is 0.383 e. The lowest BCUT2D eigenvalue weighted by Gasteiger charge is -2.29. The number of carbonyl (C=O) groups is 1. The van der Waals surface area contributed by atoms with Gasteiger partial charge in [-0.1, -0.05) is 6.92 Å². The van der Waals surface area contributed by atoms with E-state index in [9.17, 15) is 4.79 Å². The Morgan fingerprint density at radius 2 is 2.12 bits per heavy atom. The van der Waals surface area contributed by atoms with E-state index < -0.39 is 0 Å². The molecule has 2 aromatic rings. The lowest BCUT2D eigenvalue weighted by molar-refractivity contribution is -0.129. The van der Waals surface area contributed by atoms with Gasteiger partial charge in [0.25, 0.3) is 0 Å². The summed E-state index contributed by atoms with van der Waals surface area (Å²) >= 11 is 0. The van der Waals surface area contributed by atoms with E-state index in [0.717, 1.165) is 35.5 Å². The van der Waals surface area contributed by atoms with E-state index in [1.54, 1.807) is 26.4 Å². The summed E-state index contributed by atoms with van der Waals surface area (Å²) in [5, 5.41) is 3.52. The molecule has 0 aromatic carbocycles. The highest BCUT2D eigenvalue weighted by Crippen LogP contribution is 2.27. The minimum Gasteiger partial charge on any atom is -0.383 e. The first-order valence-electron chi connectivity index (χ1n) is 8.93. The first-order chi connectivity index (χ1) is 12.6. The Kier molecular flexibility index (Phi) is 5.78. The van der Waals surface area contributed by atoms with Crippen molar-refractivity contribution in [2.24, 2.45) is 0 Å². The fourth-order valence-electron chi connectivity index (χ4n) is 3.10. The van der Waals surface area contributed by atoms with Crippen LogP contribution in [-0.2, 0) is 22.5 Å². The molecule has 3 rings (SSSR count). The number of nitrogens with one attached hydrogen (secondary N) is 1. The summed E-state index contributed by atoms with van der Waals surface area (Å²) in [7, 11) is 1.70. The highest BCUT2D eigenvalue weighted by molar-refractivity contribution is 5.74. The van der Waals surface area contributed by atoms with Crippen molar-refractivity contribution >= 4 is 11.7 Å². The molecule has 1 atom stereocenters. The molecule has 1 aliphatic heterocycles. The normalized spacial score (nSPS) is 14.7. The summed E-state index contributed by atoms with van der Waals surface area (Å²) in [5.41, 5.74) is 2.91. The van der Waals surface area contributed by atoms with Crippen molar-refractivity contribution in [3.05, 3.63) is 35.8 Å². The second-order valence-corrected chi connectivity index (χ2v) is 6.45. The Labute approximate surface area is 153 Å². The van der Waals surface area contributed by atoms with Crippen LogP contribution in [0.2, 0.25) is 0 Å². The number of amides is 1. The lowest BCUT2D eigenvalue weighted by atomic mass is 10.0. The third-order valence-electron chi connectivity index (χ3n) is 4.65. The zero-order chi connectivity index (χ0) is 18.5. The van der Waals surface area contributed by atoms with Crippen LogP contribution < -0.4 is 5.32 Å². The molecule has 138 valence electrons. The van der Waals surface area contributed by atoms with Gasteiger partial charge >= 0.3 is 0 Å². The Balaban J connectivity index is 2.01. The molecule has 7 nitrogen and oxygen atoms in total. The fraction of sp³-hybridized carbons (Fsp3) is 0.474. The number of nitrogens with zero attached hydrogens (tertiary/aromatic N) is 4. The number of fused-ring (bicyclic) bond motifs is 1. The molecule has 0 spiro atoms. The molecule has 2 aromatic heterocycles. The molecule has 0 saturated carbocycles. The standard InChI is InChI=1S/C19H25N5O2/c1-4-15(12-26-3)21-19-16-7-10-24(13(2)25)11-17(16)22-18(23-19)14-5-8-20-9-6-14/h5-6,8-9,15H,4,7,10-12H2,1-3H3,(H,21,22,23)/t15-/m0/s1. The SMILES string of the molecule is CC[C@@H](COC)Nc1nc(-c2ccncc2)nc2c1CCN(C(C)=O)C2. The third kappa shape index (κ3) is 3.99. The molecule has 0 bridgehead atoms. The number of methoxy groups -OCH3 is 1. The fourth-order valence-corrected chi connectivity index (χ4v) is 3.10. The minimum atomic E-state index is 0.0695. The molecule has 0 saturated heterocycles. The zero-order valence-electron chi connectivity index (χ0n) is 15.5. The second kappa shape index (κ2) is 8.23. The van der Waals surface area contributed by atoms with Crippen LogP contribution in [0.1, 0.15) is 31.5 Å². The van der Waals surface area contributed by atoms with Crippen LogP contribution in [0.3, 0.4) is 0 Å². The number of rotatable bonds is 6. The van der Waals surface area contributed by atoms with E-state index in [4.69, 9.17) is 14.7 Å². The van der Waals surface area contributed by atoms with Gasteiger partial charge < -0.3 is 15.0 Å². The molecule has 0 unspecified atom stereocenters. The number of hydrogen-bond acceptors (Lipinski definition) is 6. The van der Waals surface area contributed by atoms with Crippen molar-refractivity contribution in [1.29, 1.82) is 0 Å². The van der Waals surface area contributed by atoms with E-state index >= 15 is 0 Å². The zero-order valence-corrected chi connectivity index (χ0v) is 15.5. The van der Waals surface area contributed by atoms with Gasteiger partial charge in [0, 0.05) is 44.1 Å². The van der Waals surface area contributed by atoms with Crippen LogP contribution in [0, 0.1) is 0 Å². The maximum Gasteiger partial charge on any atom is 0.219 e. The predicted molar refractivity (Wildman–Crippen MR) is 99.6 cm³/mol. The summed E-state index contributed by atoms with van der Waals surface area (Å²) < 4.78 is 5.31. The quantitative estimate of drug-likeness (QED) is 0.856. The summed E-state index contributed by atoms with van der Waals surface area (Å²) in [5.74, 6) is 1.56. The van der Waals surface area contributed by atoms with Gasteiger partial charge in [0.2, 0.25) is 5.91 Å². The van der Waals surface area contributed by atoms with Gasteiger partial charge in [-0.05, 0) is 25.0 Å². The van der Waals surface area contributed by atoms with Crippen LogP contribution in [-0.4, -0.2) is 52.1 Å². The predicted octanol–water partition coefficient (Wildman–Crippen LogP) is 2.28. The molecular weight excluding hydrogens is 330 g/mol. The van der Waals surface area contributed by atoms with Crippen LogP contribution in [0.15, 0.2) is 24.5 Å². The summed E-state index contributed by atoms with van der Waals surface area (Å²) in [6, 6.07) is 3.96. The lowest BCUT2D eigenvalue weighted by Crippen LogP contribution is -2.36. The van der Waals surface area contributed by atoms with Crippen molar-refractivity contribution in [2.75, 3.05) is 25.6 Å². The van der Waals surface area contributed by atoms with Gasteiger partial charge in [-0.2, -0.15) is 0 Å². The molecule has 0 radical (unpaired) electrons. The van der Waals surface area contributed by atoms with E-state index in [1.165, 1.54) is 0 Å². The van der Waals surface area contributed by atoms with Gasteiger partial charge in [0.1, 0.15) is 5.82 Å². The average Bonchev–Trinajstić information content (AvgIpc) is 2.67. The monoisotopic (exact) mass is 355 g/mol. The average molecular weight is 355 g/mol. The molecule has 1 aliphatic rings. The van der Waals surface area contributed by atoms with Gasteiger partial charge in [0.15, 0.2) is 5.82 Å². The first kappa shape index (κ1) is 18.3. The Hall–Kier alpha value is -2.54. The summed E-state index contributed by atoms with van der Waals surface area (Å²) in [4.78, 5) is 27.2. The molecule has 26 heavy (non-hydrogen) atoms. The highest BCUT2D eigenvalue weighted by Gasteiger charge is 2.25. The van der Waals surface area contributed by atoms with Crippen molar-refractivity contribution < 1.29 is 9.53 Å². The van der Waals surface area contributed by atoms with Gasteiger partial charge in [-0.25, -0.2) is 9.97 Å². The number of pyridine rings is 1. The Bertz CT molecular complexity index is 766. The number of ether oxygens (including phenoxy) is 1. The Morgan fingerprint density at radius 1 is 1.35 bits per heavy atom. The maximum atomic E-state index is 11.8. The second-order valence-electron chi connectivity index (χ2n) is 6.45. The Morgan fingerprint density at radius 3 is 2.77 bits per heavy atom. The van der Waals surface area contributed by atoms with Gasteiger partial charge in [-0.15, -0.1) is 0 Å². The molecule has 1 N–H and O–H groups in total. The first-order valence-corrected chi connectivity index (χ1v) is 8.93. The van der Waals surface area contributed by atoms with Crippen LogP contribution in [0.5, 0.6) is 0 Å². The summed E-state index contributed by atoms with van der Waals surface area (Å²) in [6.07, 6.45) is 5.13. The summed E-state index contributed by atoms with van der Waals surface area (Å²) in [6.45, 7) is 5.53. The minimum absolute atomic E-state index is 0.0695. The van der Waals surface area contributed by atoms with Crippen LogP contribution in [0.25, 0.3) is 11.4 Å². The van der Waals surface area contributed by atoms with E-state index in [-0.39, 0.29) is 11.9 Å². The van der Waals surface area contributed by atoms with Gasteiger partial charge in [-0.3, -0.25) is 9.78 Å². The topological polar surface area (TPSA) is 80.2 Å². The van der Waals surface area contributed by atoms with Crippen LogP contribution >= 0.6 is 0 Å². The van der Waals surface area contributed by atoms with Crippen molar-refractivity contribution in [1.82, 2.24) is 19.9 Å². The van der Waals surface area contributed by atoms with Crippen molar-refractivity contribution in [3.8, 4) is 11.4 Å². The van der Waals surface area contributed by atoms with Crippen LogP contribution in [0.4, 0.5) is 5.82 Å². The molecule has 0 aliphatic carbocycles. The third-order valence-corrected chi connectivity index (χ3v) is 4.65. The maximum absolute atomic E-state index is 11.8. The molecular formula is C19H25N5O2. The number of carbonyl (C=O) groups excluding carboxylic acids is 1. The number of anilines is 1. The molecule has 3 heterocycles. The number of hydrogen-bond donors (Lipinski definition) is 1. The van der Waals surface area contributed by atoms with E-state index in [1.807, 2.05) is 17.0 Å². The van der Waals surface area contributed by atoms with E-state index in [0.29, 0.717) is 25.5 Å². The molecule has 0 fully saturated rings. The van der Waals surface area contributed by atoms with Gasteiger partial charge in [0.05, 0.1) is 24.9 Å². The van der Waals surface area contributed by atoms with E-state index in [2.05, 4.69) is 17.2 Å². The highest BCUT2D eigenvalue weighted by atomic mass is 16.5.